The van der Waals surface area contributed by atoms with Crippen LogP contribution >= 0.6 is 34.4 Å². The molecule has 1 heterocycles. The molecule has 0 unspecified atom stereocenters. The summed E-state index contributed by atoms with van der Waals surface area (Å²) < 4.78 is 16.4. The van der Waals surface area contributed by atoms with Crippen molar-refractivity contribution < 1.29 is 33.4 Å². The zero-order valence-corrected chi connectivity index (χ0v) is 21.3. The van der Waals surface area contributed by atoms with Crippen molar-refractivity contribution in [3.8, 4) is 11.5 Å². The molecule has 0 spiro atoms. The molecule has 0 saturated carbocycles. The van der Waals surface area contributed by atoms with E-state index in [4.69, 9.17) is 9.47 Å². The standard InChI is InChI=1S/C23H21IN2O7S/c1-3-32-17-10-14(9-16(24)21(17)33-13-20(28)31-2)11-18-22(29)26(23(30)34-18)12-19(27)25-15-7-5-4-6-8-15/h4-11H,3,12-13H2,1-2H3,(H,25,27)/b18-11-. The van der Waals surface area contributed by atoms with Crippen LogP contribution in [0.2, 0.25) is 0 Å². The number of hydrogen-bond acceptors (Lipinski definition) is 8. The van der Waals surface area contributed by atoms with Gasteiger partial charge in [-0.3, -0.25) is 19.3 Å². The molecule has 0 atom stereocenters. The van der Waals surface area contributed by atoms with Crippen molar-refractivity contribution in [2.24, 2.45) is 0 Å². The first kappa shape index (κ1) is 25.6. The minimum atomic E-state index is -0.558. The van der Waals surface area contributed by atoms with Gasteiger partial charge in [0.15, 0.2) is 18.1 Å². The number of nitrogens with zero attached hydrogens (tertiary/aromatic N) is 1. The Morgan fingerprint density at radius 1 is 1.15 bits per heavy atom. The summed E-state index contributed by atoms with van der Waals surface area (Å²) in [5.41, 5.74) is 1.17. The van der Waals surface area contributed by atoms with Crippen molar-refractivity contribution in [2.75, 3.05) is 32.2 Å². The Bertz CT molecular complexity index is 1140. The van der Waals surface area contributed by atoms with Crippen LogP contribution in [0.5, 0.6) is 11.5 Å². The molecule has 11 heteroatoms. The minimum absolute atomic E-state index is 0.180. The number of carbonyl (C=O) groups excluding carboxylic acids is 4. The molecule has 2 aromatic carbocycles. The van der Waals surface area contributed by atoms with Crippen LogP contribution < -0.4 is 14.8 Å². The maximum atomic E-state index is 12.8. The van der Waals surface area contributed by atoms with E-state index in [-0.39, 0.29) is 18.1 Å². The first-order chi connectivity index (χ1) is 16.3. The third-order valence-corrected chi connectivity index (χ3v) is 6.13. The lowest BCUT2D eigenvalue weighted by atomic mass is 10.2. The Morgan fingerprint density at radius 2 is 1.88 bits per heavy atom. The van der Waals surface area contributed by atoms with Gasteiger partial charge in [0, 0.05) is 5.69 Å². The number of rotatable bonds is 9. The molecule has 9 nitrogen and oxygen atoms in total. The fourth-order valence-electron chi connectivity index (χ4n) is 2.92. The van der Waals surface area contributed by atoms with Crippen molar-refractivity contribution in [1.82, 2.24) is 4.90 Å². The largest absolute Gasteiger partial charge is 0.490 e. The van der Waals surface area contributed by atoms with Crippen molar-refractivity contribution >= 4 is 69.1 Å². The second kappa shape index (κ2) is 11.9. The zero-order chi connectivity index (χ0) is 24.7. The van der Waals surface area contributed by atoms with Gasteiger partial charge < -0.3 is 19.5 Å². The number of anilines is 1. The van der Waals surface area contributed by atoms with Crippen molar-refractivity contribution in [2.45, 2.75) is 6.92 Å². The van der Waals surface area contributed by atoms with E-state index in [1.165, 1.54) is 7.11 Å². The van der Waals surface area contributed by atoms with Gasteiger partial charge in [-0.15, -0.1) is 0 Å². The van der Waals surface area contributed by atoms with E-state index in [9.17, 15) is 19.2 Å². The van der Waals surface area contributed by atoms with Crippen LogP contribution in [0.4, 0.5) is 10.5 Å². The Balaban J connectivity index is 1.76. The number of methoxy groups -OCH3 is 1. The van der Waals surface area contributed by atoms with Gasteiger partial charge in [0.05, 0.1) is 22.2 Å². The number of carbonyl (C=O) groups is 4. The predicted molar refractivity (Wildman–Crippen MR) is 136 cm³/mol. The summed E-state index contributed by atoms with van der Waals surface area (Å²) in [6.45, 7) is 1.48. The van der Waals surface area contributed by atoms with Crippen LogP contribution in [-0.4, -0.2) is 54.8 Å². The maximum Gasteiger partial charge on any atom is 0.343 e. The van der Waals surface area contributed by atoms with E-state index in [1.807, 2.05) is 28.7 Å². The average Bonchev–Trinajstić information content (AvgIpc) is 3.06. The second-order valence-corrected chi connectivity index (χ2v) is 8.97. The molecule has 0 radical (unpaired) electrons. The summed E-state index contributed by atoms with van der Waals surface area (Å²) in [6.07, 6.45) is 1.55. The first-order valence-corrected chi connectivity index (χ1v) is 12.0. The van der Waals surface area contributed by atoms with Crippen molar-refractivity contribution in [3.05, 3.63) is 56.5 Å². The highest BCUT2D eigenvalue weighted by Crippen LogP contribution is 2.37. The van der Waals surface area contributed by atoms with Crippen molar-refractivity contribution in [3.63, 3.8) is 0 Å². The number of hydrogen-bond donors (Lipinski definition) is 1. The molecule has 3 amide bonds. The normalized spacial score (nSPS) is 14.3. The summed E-state index contributed by atoms with van der Waals surface area (Å²) in [5, 5.41) is 2.13. The van der Waals surface area contributed by atoms with E-state index in [1.54, 1.807) is 49.4 Å². The molecular formula is C23H21IN2O7S. The third-order valence-electron chi connectivity index (χ3n) is 4.42. The van der Waals surface area contributed by atoms with Gasteiger partial charge in [-0.1, -0.05) is 18.2 Å². The van der Waals surface area contributed by atoms with Crippen LogP contribution in [0.3, 0.4) is 0 Å². The van der Waals surface area contributed by atoms with Crippen LogP contribution in [0.25, 0.3) is 6.08 Å². The Kier molecular flexibility index (Phi) is 8.93. The SMILES string of the molecule is CCOc1cc(/C=C2\SC(=O)N(CC(=O)Nc3ccccc3)C2=O)cc(I)c1OCC(=O)OC. The van der Waals surface area contributed by atoms with E-state index in [0.717, 1.165) is 16.7 Å². The molecule has 1 N–H and O–H groups in total. The van der Waals surface area contributed by atoms with E-state index in [0.29, 0.717) is 32.9 Å². The first-order valence-electron chi connectivity index (χ1n) is 10.1. The molecule has 2 aromatic rings. The molecule has 178 valence electrons. The number of imide groups is 1. The number of thioether (sulfide) groups is 1. The number of ether oxygens (including phenoxy) is 3. The Labute approximate surface area is 213 Å². The quantitative estimate of drug-likeness (QED) is 0.264. The van der Waals surface area contributed by atoms with Gasteiger partial charge in [-0.2, -0.15) is 0 Å². The molecule has 1 fully saturated rings. The van der Waals surface area contributed by atoms with Gasteiger partial charge in [0.1, 0.15) is 6.54 Å². The lowest BCUT2D eigenvalue weighted by Crippen LogP contribution is -2.36. The number of halogens is 1. The molecule has 0 aliphatic carbocycles. The van der Waals surface area contributed by atoms with E-state index < -0.39 is 23.0 Å². The monoisotopic (exact) mass is 596 g/mol. The van der Waals surface area contributed by atoms with Gasteiger partial charge in [0.25, 0.3) is 11.1 Å². The van der Waals surface area contributed by atoms with Crippen molar-refractivity contribution in [1.29, 1.82) is 0 Å². The average molecular weight is 596 g/mol. The Hall–Kier alpha value is -3.06. The molecule has 0 aromatic heterocycles. The summed E-state index contributed by atoms with van der Waals surface area (Å²) in [5.74, 6) is -0.818. The molecule has 1 saturated heterocycles. The Morgan fingerprint density at radius 3 is 2.56 bits per heavy atom. The van der Waals surface area contributed by atoms with Crippen LogP contribution in [0.15, 0.2) is 47.4 Å². The van der Waals surface area contributed by atoms with E-state index >= 15 is 0 Å². The highest BCUT2D eigenvalue weighted by Gasteiger charge is 2.36. The number of benzene rings is 2. The number of para-hydroxylation sites is 1. The highest BCUT2D eigenvalue weighted by atomic mass is 127. The highest BCUT2D eigenvalue weighted by molar-refractivity contribution is 14.1. The zero-order valence-electron chi connectivity index (χ0n) is 18.3. The molecule has 3 rings (SSSR count). The molecular weight excluding hydrogens is 575 g/mol. The van der Waals surface area contributed by atoms with Crippen LogP contribution in [-0.2, 0) is 19.1 Å². The summed E-state index contributed by atoms with van der Waals surface area (Å²) >= 11 is 2.78. The van der Waals surface area contributed by atoms with E-state index in [2.05, 4.69) is 10.1 Å². The number of esters is 1. The van der Waals surface area contributed by atoms with Gasteiger partial charge in [0.2, 0.25) is 5.91 Å². The summed E-state index contributed by atoms with van der Waals surface area (Å²) in [6, 6.07) is 12.1. The lowest BCUT2D eigenvalue weighted by molar-refractivity contribution is -0.143. The smallest absolute Gasteiger partial charge is 0.343 e. The fourth-order valence-corrected chi connectivity index (χ4v) is 4.54. The topological polar surface area (TPSA) is 111 Å². The second-order valence-electron chi connectivity index (χ2n) is 6.81. The third kappa shape index (κ3) is 6.50. The van der Waals surface area contributed by atoms with Crippen LogP contribution in [0.1, 0.15) is 12.5 Å². The van der Waals surface area contributed by atoms with Gasteiger partial charge in [-0.05, 0) is 77.2 Å². The molecule has 0 bridgehead atoms. The predicted octanol–water partition coefficient (Wildman–Crippen LogP) is 3.92. The summed E-state index contributed by atoms with van der Waals surface area (Å²) in [4.78, 5) is 50.0. The molecule has 1 aliphatic heterocycles. The number of nitrogens with one attached hydrogen (secondary N) is 1. The number of amides is 3. The maximum absolute atomic E-state index is 12.8. The lowest BCUT2D eigenvalue weighted by Gasteiger charge is -2.14. The van der Waals surface area contributed by atoms with Gasteiger partial charge in [-0.25, -0.2) is 4.79 Å². The molecule has 34 heavy (non-hydrogen) atoms. The van der Waals surface area contributed by atoms with Gasteiger partial charge >= 0.3 is 5.97 Å². The summed E-state index contributed by atoms with van der Waals surface area (Å²) in [7, 11) is 1.27. The minimum Gasteiger partial charge on any atom is -0.490 e. The molecule has 1 aliphatic rings. The van der Waals surface area contributed by atoms with Crippen LogP contribution in [0, 0.1) is 3.57 Å². The fraction of sp³-hybridized carbons (Fsp3) is 0.217.